The average molecular weight is 387 g/mol. The topological polar surface area (TPSA) is 84.0 Å². The Bertz CT molecular complexity index is 792. The number of hydrogen-bond acceptors (Lipinski definition) is 5. The molecule has 2 N–H and O–H groups in total. The number of para-hydroxylation sites is 1. The Balaban J connectivity index is 1.96. The molecule has 2 aromatic rings. The first-order valence-electron chi connectivity index (χ1n) is 9.08. The molecule has 0 aliphatic rings. The van der Waals surface area contributed by atoms with Gasteiger partial charge in [0.25, 0.3) is 0 Å². The number of rotatable bonds is 7. The predicted molar refractivity (Wildman–Crippen MR) is 109 cm³/mol. The SMILES string of the molecule is CCC(CC)c1nc(SCC(=O)NC(=O)Nc2ccccc2)c(C)nc1C. The molecular weight excluding hydrogens is 360 g/mol. The molecule has 0 aliphatic heterocycles. The molecule has 0 saturated carbocycles. The van der Waals surface area contributed by atoms with Gasteiger partial charge < -0.3 is 5.32 Å². The van der Waals surface area contributed by atoms with Crippen LogP contribution in [-0.4, -0.2) is 27.7 Å². The summed E-state index contributed by atoms with van der Waals surface area (Å²) in [4.78, 5) is 33.3. The van der Waals surface area contributed by atoms with Crippen LogP contribution in [-0.2, 0) is 4.79 Å². The van der Waals surface area contributed by atoms with E-state index in [0.29, 0.717) is 11.6 Å². The van der Waals surface area contributed by atoms with E-state index in [1.54, 1.807) is 12.1 Å². The van der Waals surface area contributed by atoms with Gasteiger partial charge in [-0.2, -0.15) is 0 Å². The van der Waals surface area contributed by atoms with Crippen molar-refractivity contribution in [2.75, 3.05) is 11.1 Å². The number of nitrogens with zero attached hydrogens (tertiary/aromatic N) is 2. The number of imide groups is 1. The van der Waals surface area contributed by atoms with Gasteiger partial charge in [0.05, 0.1) is 22.8 Å². The van der Waals surface area contributed by atoms with Crippen LogP contribution in [0.1, 0.15) is 49.7 Å². The average Bonchev–Trinajstić information content (AvgIpc) is 2.64. The van der Waals surface area contributed by atoms with Crippen LogP contribution in [0.3, 0.4) is 0 Å². The maximum atomic E-state index is 12.1. The van der Waals surface area contributed by atoms with Crippen LogP contribution in [0.15, 0.2) is 35.4 Å². The van der Waals surface area contributed by atoms with Gasteiger partial charge in [-0.3, -0.25) is 15.1 Å². The van der Waals surface area contributed by atoms with Crippen LogP contribution in [0.5, 0.6) is 0 Å². The highest BCUT2D eigenvalue weighted by Crippen LogP contribution is 2.27. The van der Waals surface area contributed by atoms with Gasteiger partial charge in [0.1, 0.15) is 5.03 Å². The summed E-state index contributed by atoms with van der Waals surface area (Å²) < 4.78 is 0. The molecule has 0 unspecified atom stereocenters. The van der Waals surface area contributed by atoms with Crippen molar-refractivity contribution in [3.63, 3.8) is 0 Å². The molecule has 0 aliphatic carbocycles. The van der Waals surface area contributed by atoms with Crippen molar-refractivity contribution in [3.8, 4) is 0 Å². The number of hydrogen-bond donors (Lipinski definition) is 2. The Morgan fingerprint density at radius 2 is 1.70 bits per heavy atom. The fourth-order valence-electron chi connectivity index (χ4n) is 2.81. The summed E-state index contributed by atoms with van der Waals surface area (Å²) in [5.41, 5.74) is 3.37. The van der Waals surface area contributed by atoms with E-state index in [1.807, 2.05) is 32.0 Å². The van der Waals surface area contributed by atoms with Crippen molar-refractivity contribution in [1.29, 1.82) is 0 Å². The van der Waals surface area contributed by atoms with Gasteiger partial charge >= 0.3 is 6.03 Å². The molecule has 0 saturated heterocycles. The number of carbonyl (C=O) groups is 2. The molecule has 1 aromatic heterocycles. The zero-order valence-electron chi connectivity index (χ0n) is 16.2. The van der Waals surface area contributed by atoms with Crippen LogP contribution < -0.4 is 10.6 Å². The van der Waals surface area contributed by atoms with Gasteiger partial charge in [0, 0.05) is 11.6 Å². The van der Waals surface area contributed by atoms with Crippen molar-refractivity contribution in [1.82, 2.24) is 15.3 Å². The maximum absolute atomic E-state index is 12.1. The minimum atomic E-state index is -0.545. The monoisotopic (exact) mass is 386 g/mol. The number of thioether (sulfide) groups is 1. The Hall–Kier alpha value is -2.41. The number of aryl methyl sites for hydroxylation is 2. The van der Waals surface area contributed by atoms with Crippen molar-refractivity contribution < 1.29 is 9.59 Å². The molecule has 6 nitrogen and oxygen atoms in total. The third-order valence-corrected chi connectivity index (χ3v) is 5.30. The lowest BCUT2D eigenvalue weighted by Crippen LogP contribution is -2.35. The van der Waals surface area contributed by atoms with Gasteiger partial charge in [-0.15, -0.1) is 0 Å². The van der Waals surface area contributed by atoms with E-state index in [1.165, 1.54) is 11.8 Å². The van der Waals surface area contributed by atoms with Gasteiger partial charge in [-0.05, 0) is 38.8 Å². The summed E-state index contributed by atoms with van der Waals surface area (Å²) in [5.74, 6) is 0.0885. The molecule has 0 atom stereocenters. The minimum Gasteiger partial charge on any atom is -0.308 e. The summed E-state index contributed by atoms with van der Waals surface area (Å²) in [7, 11) is 0. The van der Waals surface area contributed by atoms with Crippen LogP contribution >= 0.6 is 11.8 Å². The Kier molecular flexibility index (Phi) is 7.79. The van der Waals surface area contributed by atoms with E-state index < -0.39 is 6.03 Å². The van der Waals surface area contributed by atoms with E-state index in [-0.39, 0.29) is 11.7 Å². The normalized spacial score (nSPS) is 10.7. The molecular formula is C20H26N4O2S. The highest BCUT2D eigenvalue weighted by molar-refractivity contribution is 7.99. The molecule has 3 amide bonds. The first kappa shape index (κ1) is 20.9. The van der Waals surface area contributed by atoms with Crippen molar-refractivity contribution in [2.24, 2.45) is 0 Å². The maximum Gasteiger partial charge on any atom is 0.325 e. The smallest absolute Gasteiger partial charge is 0.308 e. The molecule has 0 radical (unpaired) electrons. The molecule has 1 aromatic carbocycles. The second-order valence-electron chi connectivity index (χ2n) is 6.26. The van der Waals surface area contributed by atoms with E-state index in [0.717, 1.165) is 34.9 Å². The molecule has 0 spiro atoms. The largest absolute Gasteiger partial charge is 0.325 e. The van der Waals surface area contributed by atoms with Crippen LogP contribution in [0.2, 0.25) is 0 Å². The Morgan fingerprint density at radius 1 is 1.04 bits per heavy atom. The third kappa shape index (κ3) is 6.06. The molecule has 0 bridgehead atoms. The number of urea groups is 1. The number of benzene rings is 1. The first-order chi connectivity index (χ1) is 12.9. The number of anilines is 1. The van der Waals surface area contributed by atoms with Crippen molar-refractivity contribution in [2.45, 2.75) is 51.5 Å². The van der Waals surface area contributed by atoms with E-state index in [4.69, 9.17) is 4.98 Å². The second kappa shape index (κ2) is 10.1. The number of amides is 3. The number of carbonyl (C=O) groups excluding carboxylic acids is 2. The summed E-state index contributed by atoms with van der Waals surface area (Å²) in [6, 6.07) is 8.43. The van der Waals surface area contributed by atoms with E-state index in [9.17, 15) is 9.59 Å². The van der Waals surface area contributed by atoms with E-state index >= 15 is 0 Å². The van der Waals surface area contributed by atoms with Crippen LogP contribution in [0, 0.1) is 13.8 Å². The van der Waals surface area contributed by atoms with Gasteiger partial charge in [-0.1, -0.05) is 43.8 Å². The molecule has 2 rings (SSSR count). The minimum absolute atomic E-state index is 0.100. The molecule has 7 heteroatoms. The molecule has 1 heterocycles. The zero-order chi connectivity index (χ0) is 19.8. The van der Waals surface area contributed by atoms with Crippen molar-refractivity contribution >= 4 is 29.4 Å². The quantitative estimate of drug-likeness (QED) is 0.687. The number of aromatic nitrogens is 2. The lowest BCUT2D eigenvalue weighted by molar-refractivity contribution is -0.117. The van der Waals surface area contributed by atoms with Gasteiger partial charge in [0.15, 0.2) is 0 Å². The Morgan fingerprint density at radius 3 is 2.33 bits per heavy atom. The fourth-order valence-corrected chi connectivity index (χ4v) is 3.56. The molecule has 27 heavy (non-hydrogen) atoms. The van der Waals surface area contributed by atoms with Crippen LogP contribution in [0.4, 0.5) is 10.5 Å². The summed E-state index contributed by atoms with van der Waals surface area (Å²) >= 11 is 1.30. The lowest BCUT2D eigenvalue weighted by atomic mass is 9.97. The van der Waals surface area contributed by atoms with Crippen LogP contribution in [0.25, 0.3) is 0 Å². The Labute approximate surface area is 164 Å². The standard InChI is InChI=1S/C20H26N4O2S/c1-5-15(6-2)18-13(3)21-14(4)19(24-18)27-12-17(25)23-20(26)22-16-10-8-7-9-11-16/h7-11,15H,5-6,12H2,1-4H3,(H2,22,23,25,26). The molecule has 0 fully saturated rings. The second-order valence-corrected chi connectivity index (χ2v) is 7.22. The predicted octanol–water partition coefficient (Wildman–Crippen LogP) is 4.44. The highest BCUT2D eigenvalue weighted by Gasteiger charge is 2.17. The lowest BCUT2D eigenvalue weighted by Gasteiger charge is -2.16. The molecule has 144 valence electrons. The fraction of sp³-hybridized carbons (Fsp3) is 0.400. The number of nitrogens with one attached hydrogen (secondary N) is 2. The highest BCUT2D eigenvalue weighted by atomic mass is 32.2. The third-order valence-electron chi connectivity index (χ3n) is 4.23. The first-order valence-corrected chi connectivity index (χ1v) is 10.1. The zero-order valence-corrected chi connectivity index (χ0v) is 17.0. The van der Waals surface area contributed by atoms with Gasteiger partial charge in [0.2, 0.25) is 5.91 Å². The van der Waals surface area contributed by atoms with Crippen molar-refractivity contribution in [3.05, 3.63) is 47.4 Å². The van der Waals surface area contributed by atoms with Gasteiger partial charge in [-0.25, -0.2) is 9.78 Å². The summed E-state index contributed by atoms with van der Waals surface area (Å²) in [5, 5.41) is 5.69. The van der Waals surface area contributed by atoms with E-state index in [2.05, 4.69) is 29.5 Å². The summed E-state index contributed by atoms with van der Waals surface area (Å²) in [6.07, 6.45) is 2.00. The summed E-state index contributed by atoms with van der Waals surface area (Å²) in [6.45, 7) is 8.14.